The smallest absolute Gasteiger partial charge is 0.119 e. The Balaban J connectivity index is 1.67. The van der Waals surface area contributed by atoms with Crippen LogP contribution in [0, 0.1) is 0 Å². The maximum Gasteiger partial charge on any atom is 0.119 e. The number of aliphatic hydroxyl groups is 1. The Labute approximate surface area is 161 Å². The molecule has 0 unspecified atom stereocenters. The van der Waals surface area contributed by atoms with Gasteiger partial charge < -0.3 is 15.2 Å². The van der Waals surface area contributed by atoms with Crippen LogP contribution in [0.4, 0.5) is 0 Å². The second kappa shape index (κ2) is 12.0. The first-order chi connectivity index (χ1) is 12.7. The van der Waals surface area contributed by atoms with Crippen LogP contribution >= 0.6 is 11.8 Å². The third kappa shape index (κ3) is 8.23. The fourth-order valence-corrected chi connectivity index (χ4v) is 3.02. The molecule has 2 rings (SSSR count). The van der Waals surface area contributed by atoms with Crippen molar-refractivity contribution in [2.24, 2.45) is 0 Å². The highest BCUT2D eigenvalue weighted by atomic mass is 32.2. The number of thioether (sulfide) groups is 1. The number of likely N-dealkylation sites (N-methyl/N-ethyl adjacent to an activating group) is 1. The molecule has 0 bridgehead atoms. The first-order valence-corrected chi connectivity index (χ1v) is 10.4. The van der Waals surface area contributed by atoms with Gasteiger partial charge in [-0.05, 0) is 36.6 Å². The summed E-state index contributed by atoms with van der Waals surface area (Å²) in [6, 6.07) is 18.3. The topological polar surface area (TPSA) is 44.7 Å². The van der Waals surface area contributed by atoms with Gasteiger partial charge in [0, 0.05) is 31.9 Å². The molecule has 5 heteroatoms. The van der Waals surface area contributed by atoms with Gasteiger partial charge in [0.05, 0.1) is 0 Å². The van der Waals surface area contributed by atoms with Gasteiger partial charge in [0.25, 0.3) is 0 Å². The number of nitrogens with zero attached hydrogens (tertiary/aromatic N) is 1. The highest BCUT2D eigenvalue weighted by molar-refractivity contribution is 7.98. The summed E-state index contributed by atoms with van der Waals surface area (Å²) < 4.78 is 5.72. The van der Waals surface area contributed by atoms with Crippen LogP contribution in [0.25, 0.3) is 0 Å². The second-order valence-electron chi connectivity index (χ2n) is 6.46. The molecule has 26 heavy (non-hydrogen) atoms. The van der Waals surface area contributed by atoms with Crippen LogP contribution in [0.5, 0.6) is 5.75 Å². The first-order valence-electron chi connectivity index (χ1n) is 8.99. The Hall–Kier alpha value is -1.53. The van der Waals surface area contributed by atoms with E-state index in [9.17, 15) is 5.11 Å². The van der Waals surface area contributed by atoms with Gasteiger partial charge in [-0.15, -0.1) is 0 Å². The molecule has 0 saturated carbocycles. The third-order valence-corrected chi connectivity index (χ3v) is 4.61. The number of hydrogen-bond acceptors (Lipinski definition) is 5. The van der Waals surface area contributed by atoms with Crippen molar-refractivity contribution < 1.29 is 9.84 Å². The van der Waals surface area contributed by atoms with E-state index in [1.807, 2.05) is 49.1 Å². The predicted octanol–water partition coefficient (Wildman–Crippen LogP) is 3.01. The molecule has 0 aliphatic rings. The molecule has 0 saturated heterocycles. The first kappa shape index (κ1) is 20.8. The summed E-state index contributed by atoms with van der Waals surface area (Å²) >= 11 is 1.84. The van der Waals surface area contributed by atoms with Crippen LogP contribution in [0.15, 0.2) is 54.6 Å². The summed E-state index contributed by atoms with van der Waals surface area (Å²) in [5, 5.41) is 13.6. The lowest BCUT2D eigenvalue weighted by Crippen LogP contribution is -2.32. The molecular formula is C21H30N2O2S. The monoisotopic (exact) mass is 374 g/mol. The highest BCUT2D eigenvalue weighted by Crippen LogP contribution is 2.13. The van der Waals surface area contributed by atoms with Crippen molar-refractivity contribution in [2.45, 2.75) is 19.2 Å². The van der Waals surface area contributed by atoms with Crippen molar-refractivity contribution in [1.82, 2.24) is 10.2 Å². The minimum atomic E-state index is -0.517. The minimum absolute atomic E-state index is 0.296. The molecule has 0 radical (unpaired) electrons. The van der Waals surface area contributed by atoms with Crippen LogP contribution in [0.2, 0.25) is 0 Å². The average Bonchev–Trinajstić information content (AvgIpc) is 2.65. The zero-order chi connectivity index (χ0) is 18.6. The van der Waals surface area contributed by atoms with Crippen molar-refractivity contribution >= 4 is 11.8 Å². The van der Waals surface area contributed by atoms with E-state index in [1.54, 1.807) is 0 Å². The SMILES string of the molecule is CSCCNCc1ccc(OC[C@H](O)CN(C)Cc2ccccc2)cc1. The number of benzene rings is 2. The molecule has 142 valence electrons. The standard InChI is InChI=1S/C21H30N2O2S/c1-23(15-19-6-4-3-5-7-19)16-20(24)17-25-21-10-8-18(9-11-21)14-22-12-13-26-2/h3-11,20,22,24H,12-17H2,1-2H3/t20-/m1/s1. The zero-order valence-corrected chi connectivity index (χ0v) is 16.5. The largest absolute Gasteiger partial charge is 0.491 e. The summed E-state index contributed by atoms with van der Waals surface area (Å²) in [5.74, 6) is 1.92. The van der Waals surface area contributed by atoms with Gasteiger partial charge in [-0.3, -0.25) is 4.90 Å². The van der Waals surface area contributed by atoms with E-state index < -0.39 is 6.10 Å². The van der Waals surface area contributed by atoms with Crippen LogP contribution in [-0.2, 0) is 13.1 Å². The van der Waals surface area contributed by atoms with Gasteiger partial charge >= 0.3 is 0 Å². The summed E-state index contributed by atoms with van der Waals surface area (Å²) in [6.45, 7) is 3.57. The lowest BCUT2D eigenvalue weighted by molar-refractivity contribution is 0.0744. The normalized spacial score (nSPS) is 12.3. The maximum absolute atomic E-state index is 10.2. The van der Waals surface area contributed by atoms with E-state index in [0.717, 1.165) is 31.1 Å². The van der Waals surface area contributed by atoms with E-state index in [4.69, 9.17) is 4.74 Å². The molecule has 0 heterocycles. The van der Waals surface area contributed by atoms with E-state index in [2.05, 4.69) is 40.7 Å². The molecule has 0 amide bonds. The Morgan fingerprint density at radius 3 is 2.50 bits per heavy atom. The quantitative estimate of drug-likeness (QED) is 0.559. The molecule has 2 aromatic carbocycles. The average molecular weight is 375 g/mol. The van der Waals surface area contributed by atoms with E-state index in [0.29, 0.717) is 13.2 Å². The Kier molecular flexibility index (Phi) is 9.56. The van der Waals surface area contributed by atoms with Crippen molar-refractivity contribution in [3.8, 4) is 5.75 Å². The molecule has 2 aromatic rings. The third-order valence-electron chi connectivity index (χ3n) is 4.00. The summed E-state index contributed by atoms with van der Waals surface area (Å²) in [7, 11) is 2.01. The summed E-state index contributed by atoms with van der Waals surface area (Å²) in [5.41, 5.74) is 2.48. The van der Waals surface area contributed by atoms with Crippen LogP contribution in [-0.4, -0.2) is 54.9 Å². The Morgan fingerprint density at radius 1 is 1.08 bits per heavy atom. The molecule has 1 atom stereocenters. The fraction of sp³-hybridized carbons (Fsp3) is 0.429. The molecule has 0 fully saturated rings. The van der Waals surface area contributed by atoms with Crippen molar-refractivity contribution in [2.75, 3.05) is 38.8 Å². The Bertz CT molecular complexity index is 607. The number of hydrogen-bond donors (Lipinski definition) is 2. The molecule has 0 aromatic heterocycles. The number of aliphatic hydroxyl groups excluding tert-OH is 1. The van der Waals surface area contributed by atoms with E-state index in [-0.39, 0.29) is 0 Å². The number of rotatable bonds is 12. The molecule has 4 nitrogen and oxygen atoms in total. The van der Waals surface area contributed by atoms with Crippen molar-refractivity contribution in [1.29, 1.82) is 0 Å². The van der Waals surface area contributed by atoms with E-state index >= 15 is 0 Å². The fourth-order valence-electron chi connectivity index (χ4n) is 2.68. The zero-order valence-electron chi connectivity index (χ0n) is 15.7. The maximum atomic E-state index is 10.2. The molecule has 0 spiro atoms. The molecular weight excluding hydrogens is 344 g/mol. The second-order valence-corrected chi connectivity index (χ2v) is 7.45. The van der Waals surface area contributed by atoms with Crippen LogP contribution in [0.3, 0.4) is 0 Å². The summed E-state index contributed by atoms with van der Waals surface area (Å²) in [6.07, 6.45) is 1.60. The lowest BCUT2D eigenvalue weighted by Gasteiger charge is -2.21. The minimum Gasteiger partial charge on any atom is -0.491 e. The van der Waals surface area contributed by atoms with Gasteiger partial charge in [-0.25, -0.2) is 0 Å². The molecule has 0 aliphatic carbocycles. The lowest BCUT2D eigenvalue weighted by atomic mass is 10.2. The van der Waals surface area contributed by atoms with Crippen LogP contribution in [0.1, 0.15) is 11.1 Å². The van der Waals surface area contributed by atoms with Crippen molar-refractivity contribution in [3.63, 3.8) is 0 Å². The van der Waals surface area contributed by atoms with Gasteiger partial charge in [0.2, 0.25) is 0 Å². The Morgan fingerprint density at radius 2 is 1.81 bits per heavy atom. The summed E-state index contributed by atoms with van der Waals surface area (Å²) in [4.78, 5) is 2.10. The van der Waals surface area contributed by atoms with E-state index in [1.165, 1.54) is 11.1 Å². The number of ether oxygens (including phenoxy) is 1. The van der Waals surface area contributed by atoms with Crippen molar-refractivity contribution in [3.05, 3.63) is 65.7 Å². The molecule has 0 aliphatic heterocycles. The molecule has 2 N–H and O–H groups in total. The number of nitrogens with one attached hydrogen (secondary N) is 1. The van der Waals surface area contributed by atoms with Gasteiger partial charge in [-0.1, -0.05) is 42.5 Å². The van der Waals surface area contributed by atoms with Gasteiger partial charge in [0.1, 0.15) is 18.5 Å². The van der Waals surface area contributed by atoms with Gasteiger partial charge in [0.15, 0.2) is 0 Å². The van der Waals surface area contributed by atoms with Crippen LogP contribution < -0.4 is 10.1 Å². The highest BCUT2D eigenvalue weighted by Gasteiger charge is 2.09. The predicted molar refractivity (Wildman–Crippen MR) is 111 cm³/mol. The van der Waals surface area contributed by atoms with Gasteiger partial charge in [-0.2, -0.15) is 11.8 Å².